The van der Waals surface area contributed by atoms with Crippen molar-refractivity contribution in [1.29, 1.82) is 0 Å². The molecule has 102 valence electrons. The molecule has 0 amide bonds. The Hall–Kier alpha value is -0.0800. The minimum atomic E-state index is 0.859. The Balaban J connectivity index is 1.28. The first-order valence-electron chi connectivity index (χ1n) is 8.22. The van der Waals surface area contributed by atoms with Gasteiger partial charge < -0.3 is 10.2 Å². The molecular weight excluding hydrogens is 220 g/mol. The third kappa shape index (κ3) is 2.02. The van der Waals surface area contributed by atoms with Crippen LogP contribution in [-0.2, 0) is 0 Å². The Kier molecular flexibility index (Phi) is 2.92. The lowest BCUT2D eigenvalue weighted by molar-refractivity contribution is 0.186. The fourth-order valence-electron chi connectivity index (χ4n) is 5.61. The summed E-state index contributed by atoms with van der Waals surface area (Å²) in [5.41, 5.74) is 0. The summed E-state index contributed by atoms with van der Waals surface area (Å²) in [7, 11) is 2.37. The van der Waals surface area contributed by atoms with Crippen LogP contribution in [0.1, 0.15) is 44.9 Å². The lowest BCUT2D eigenvalue weighted by atomic mass is 9.86. The van der Waals surface area contributed by atoms with Gasteiger partial charge in [-0.15, -0.1) is 0 Å². The van der Waals surface area contributed by atoms with Crippen molar-refractivity contribution in [2.24, 2.45) is 23.7 Å². The van der Waals surface area contributed by atoms with Gasteiger partial charge in [0.15, 0.2) is 0 Å². The number of nitrogens with zero attached hydrogens (tertiary/aromatic N) is 1. The van der Waals surface area contributed by atoms with E-state index in [2.05, 4.69) is 17.3 Å². The summed E-state index contributed by atoms with van der Waals surface area (Å²) in [5.74, 6) is 4.20. The monoisotopic (exact) mass is 248 g/mol. The quantitative estimate of drug-likeness (QED) is 0.822. The Labute approximate surface area is 111 Å². The minimum absolute atomic E-state index is 0.859. The second-order valence-corrected chi connectivity index (χ2v) is 7.70. The van der Waals surface area contributed by atoms with Crippen molar-refractivity contribution >= 4 is 0 Å². The van der Waals surface area contributed by atoms with Gasteiger partial charge in [0.2, 0.25) is 0 Å². The van der Waals surface area contributed by atoms with E-state index in [9.17, 15) is 0 Å². The van der Waals surface area contributed by atoms with Crippen LogP contribution in [-0.4, -0.2) is 37.1 Å². The lowest BCUT2D eigenvalue weighted by Gasteiger charge is -2.30. The molecule has 2 aliphatic heterocycles. The van der Waals surface area contributed by atoms with Crippen molar-refractivity contribution in [3.63, 3.8) is 0 Å². The highest BCUT2D eigenvalue weighted by atomic mass is 15.1. The zero-order valence-electron chi connectivity index (χ0n) is 11.8. The van der Waals surface area contributed by atoms with E-state index in [0.29, 0.717) is 0 Å². The summed E-state index contributed by atoms with van der Waals surface area (Å²) in [5, 5.41) is 3.78. The molecule has 0 aromatic heterocycles. The van der Waals surface area contributed by atoms with E-state index in [-0.39, 0.29) is 0 Å². The second-order valence-electron chi connectivity index (χ2n) is 7.70. The van der Waals surface area contributed by atoms with Crippen LogP contribution < -0.4 is 5.32 Å². The molecule has 2 nitrogen and oxygen atoms in total. The van der Waals surface area contributed by atoms with Gasteiger partial charge >= 0.3 is 0 Å². The molecule has 2 heteroatoms. The third-order valence-corrected chi connectivity index (χ3v) is 6.41. The summed E-state index contributed by atoms with van der Waals surface area (Å²) in [6, 6.07) is 1.73. The third-order valence-electron chi connectivity index (χ3n) is 6.41. The molecule has 0 spiro atoms. The summed E-state index contributed by atoms with van der Waals surface area (Å²) in [6.45, 7) is 2.73. The van der Waals surface area contributed by atoms with Crippen molar-refractivity contribution in [3.8, 4) is 0 Å². The van der Waals surface area contributed by atoms with Crippen molar-refractivity contribution in [2.45, 2.75) is 57.0 Å². The maximum Gasteiger partial charge on any atom is 0.0111 e. The van der Waals surface area contributed by atoms with Gasteiger partial charge in [-0.2, -0.15) is 0 Å². The molecule has 4 rings (SSSR count). The van der Waals surface area contributed by atoms with Crippen LogP contribution in [0.2, 0.25) is 0 Å². The zero-order valence-corrected chi connectivity index (χ0v) is 11.8. The van der Waals surface area contributed by atoms with Crippen LogP contribution in [0.5, 0.6) is 0 Å². The van der Waals surface area contributed by atoms with Gasteiger partial charge in [-0.1, -0.05) is 6.42 Å². The van der Waals surface area contributed by atoms with Gasteiger partial charge in [-0.05, 0) is 69.2 Å². The summed E-state index contributed by atoms with van der Waals surface area (Å²) in [6.07, 6.45) is 10.5. The molecule has 18 heavy (non-hydrogen) atoms. The molecule has 6 atom stereocenters. The molecule has 1 N–H and O–H groups in total. The van der Waals surface area contributed by atoms with Crippen LogP contribution in [0.4, 0.5) is 0 Å². The summed E-state index contributed by atoms with van der Waals surface area (Å²) >= 11 is 0. The predicted octanol–water partition coefficient (Wildman–Crippen LogP) is 2.49. The van der Waals surface area contributed by atoms with E-state index < -0.39 is 0 Å². The maximum absolute atomic E-state index is 3.78. The number of nitrogens with one attached hydrogen (secondary N) is 1. The van der Waals surface area contributed by atoms with Crippen LogP contribution in [0.15, 0.2) is 0 Å². The number of rotatable bonds is 4. The van der Waals surface area contributed by atoms with Crippen molar-refractivity contribution in [3.05, 3.63) is 0 Å². The van der Waals surface area contributed by atoms with Gasteiger partial charge in [-0.3, -0.25) is 0 Å². The topological polar surface area (TPSA) is 15.3 Å². The Morgan fingerprint density at radius 3 is 2.44 bits per heavy atom. The Morgan fingerprint density at radius 1 is 0.944 bits per heavy atom. The largest absolute Gasteiger partial charge is 0.311 e. The molecule has 4 fully saturated rings. The molecule has 2 heterocycles. The van der Waals surface area contributed by atoms with Crippen LogP contribution in [0.25, 0.3) is 0 Å². The van der Waals surface area contributed by atoms with Gasteiger partial charge in [0, 0.05) is 25.2 Å². The first-order valence-corrected chi connectivity index (χ1v) is 8.22. The Morgan fingerprint density at radius 2 is 1.83 bits per heavy atom. The van der Waals surface area contributed by atoms with E-state index >= 15 is 0 Å². The van der Waals surface area contributed by atoms with Crippen LogP contribution in [0.3, 0.4) is 0 Å². The molecule has 2 saturated heterocycles. The van der Waals surface area contributed by atoms with Crippen LogP contribution >= 0.6 is 0 Å². The highest BCUT2D eigenvalue weighted by Gasteiger charge is 2.41. The molecule has 4 aliphatic rings. The number of hydrogen-bond donors (Lipinski definition) is 1. The fraction of sp³-hybridized carbons (Fsp3) is 1.00. The second kappa shape index (κ2) is 4.49. The van der Waals surface area contributed by atoms with Crippen molar-refractivity contribution in [1.82, 2.24) is 10.2 Å². The first-order chi connectivity index (χ1) is 8.78. The van der Waals surface area contributed by atoms with E-state index in [1.807, 2.05) is 0 Å². The Bertz CT molecular complexity index is 286. The van der Waals surface area contributed by atoms with Crippen molar-refractivity contribution < 1.29 is 0 Å². The smallest absolute Gasteiger partial charge is 0.0111 e. The van der Waals surface area contributed by atoms with E-state index in [1.165, 1.54) is 32.4 Å². The molecule has 0 aromatic carbocycles. The standard InChI is InChI=1S/C16H28N2/c1-18(9-13-7-11-2-3-12(13)6-11)10-14-8-15-4-5-16(14)17-15/h11-17H,2-10H2,1H3. The normalized spacial score (nSPS) is 49.7. The van der Waals surface area contributed by atoms with Crippen molar-refractivity contribution in [2.75, 3.05) is 20.1 Å². The average molecular weight is 248 g/mol. The number of fused-ring (bicyclic) bond motifs is 4. The molecule has 2 saturated carbocycles. The van der Waals surface area contributed by atoms with E-state index in [0.717, 1.165) is 35.8 Å². The van der Waals surface area contributed by atoms with Gasteiger partial charge in [-0.25, -0.2) is 0 Å². The zero-order chi connectivity index (χ0) is 12.1. The van der Waals surface area contributed by atoms with E-state index in [1.54, 1.807) is 25.7 Å². The SMILES string of the molecule is CN(CC1CC2CCC1C2)CC1CC2CCC1N2. The first kappa shape index (κ1) is 11.7. The highest BCUT2D eigenvalue weighted by Crippen LogP contribution is 2.48. The molecule has 0 aromatic rings. The highest BCUT2D eigenvalue weighted by molar-refractivity contribution is 4.98. The molecule has 6 unspecified atom stereocenters. The van der Waals surface area contributed by atoms with Gasteiger partial charge in [0.25, 0.3) is 0 Å². The van der Waals surface area contributed by atoms with Crippen LogP contribution in [0, 0.1) is 23.7 Å². The molecule has 2 aliphatic carbocycles. The summed E-state index contributed by atoms with van der Waals surface area (Å²) < 4.78 is 0. The lowest BCUT2D eigenvalue weighted by Crippen LogP contribution is -2.36. The molecule has 4 bridgehead atoms. The molecule has 0 radical (unpaired) electrons. The predicted molar refractivity (Wildman–Crippen MR) is 74.5 cm³/mol. The number of hydrogen-bond acceptors (Lipinski definition) is 2. The van der Waals surface area contributed by atoms with Gasteiger partial charge in [0.05, 0.1) is 0 Å². The average Bonchev–Trinajstić information content (AvgIpc) is 3.08. The minimum Gasteiger partial charge on any atom is -0.311 e. The van der Waals surface area contributed by atoms with E-state index in [4.69, 9.17) is 0 Å². The van der Waals surface area contributed by atoms with Gasteiger partial charge in [0.1, 0.15) is 0 Å². The maximum atomic E-state index is 3.78. The molecular formula is C16H28N2. The fourth-order valence-corrected chi connectivity index (χ4v) is 5.61. The summed E-state index contributed by atoms with van der Waals surface area (Å²) in [4.78, 5) is 2.67.